The van der Waals surface area contributed by atoms with E-state index in [2.05, 4.69) is 22.5 Å². The summed E-state index contributed by atoms with van der Waals surface area (Å²) in [6.45, 7) is 10.6. The third kappa shape index (κ3) is 20.0. The molecule has 0 aromatic heterocycles. The summed E-state index contributed by atoms with van der Waals surface area (Å²) in [7, 11) is 0. The molecule has 0 aliphatic heterocycles. The zero-order valence-corrected chi connectivity index (χ0v) is 14.9. The molecule has 0 bridgehead atoms. The largest absolute Gasteiger partial charge is 0.378 e. The van der Waals surface area contributed by atoms with Crippen molar-refractivity contribution in [2.45, 2.75) is 0 Å². The summed E-state index contributed by atoms with van der Waals surface area (Å²) in [6, 6.07) is 0. The van der Waals surface area contributed by atoms with E-state index < -0.39 is 0 Å². The lowest BCUT2D eigenvalue weighted by molar-refractivity contribution is -0.0149. The third-order valence-electron chi connectivity index (χ3n) is 2.32. The van der Waals surface area contributed by atoms with E-state index >= 15 is 0 Å². The molecular formula is C15H29BrO6. The van der Waals surface area contributed by atoms with Gasteiger partial charge in [-0.25, -0.2) is 0 Å². The van der Waals surface area contributed by atoms with Crippen LogP contribution in [0.3, 0.4) is 0 Å². The molecule has 0 atom stereocenters. The van der Waals surface area contributed by atoms with Crippen molar-refractivity contribution in [2.75, 3.05) is 84.6 Å². The van der Waals surface area contributed by atoms with Crippen LogP contribution in [-0.2, 0) is 28.4 Å². The minimum absolute atomic E-state index is 0.560. The van der Waals surface area contributed by atoms with Crippen molar-refractivity contribution in [3.05, 3.63) is 12.7 Å². The van der Waals surface area contributed by atoms with Crippen LogP contribution < -0.4 is 0 Å². The van der Waals surface area contributed by atoms with Crippen LogP contribution in [-0.4, -0.2) is 84.6 Å². The number of hydrogen-bond donors (Lipinski definition) is 0. The summed E-state index contributed by atoms with van der Waals surface area (Å²) in [5, 5.41) is 0.851. The lowest BCUT2D eigenvalue weighted by Crippen LogP contribution is -2.14. The Morgan fingerprint density at radius 2 is 0.864 bits per heavy atom. The van der Waals surface area contributed by atoms with Gasteiger partial charge in [0.05, 0.1) is 79.3 Å². The lowest BCUT2D eigenvalue weighted by Gasteiger charge is -2.07. The summed E-state index contributed by atoms with van der Waals surface area (Å²) in [6.07, 6.45) is 1.71. The van der Waals surface area contributed by atoms with Crippen molar-refractivity contribution in [3.8, 4) is 0 Å². The van der Waals surface area contributed by atoms with Crippen molar-refractivity contribution in [2.24, 2.45) is 0 Å². The second kappa shape index (κ2) is 21.0. The van der Waals surface area contributed by atoms with Gasteiger partial charge in [-0.3, -0.25) is 0 Å². The summed E-state index contributed by atoms with van der Waals surface area (Å²) in [5.41, 5.74) is 0. The molecule has 0 spiro atoms. The Balaban J connectivity index is 2.92. The molecule has 0 heterocycles. The standard InChI is InChI=1S/C15H29BrO6/c1-2-4-17-6-8-19-10-12-21-14-15-22-13-11-20-9-7-18-5-3-16/h2H,1,3-15H2. The van der Waals surface area contributed by atoms with Crippen LogP contribution in [0.15, 0.2) is 12.7 Å². The van der Waals surface area contributed by atoms with Gasteiger partial charge >= 0.3 is 0 Å². The first-order valence-electron chi connectivity index (χ1n) is 7.55. The maximum absolute atomic E-state index is 5.36. The van der Waals surface area contributed by atoms with Crippen LogP contribution in [0.5, 0.6) is 0 Å². The molecule has 0 fully saturated rings. The van der Waals surface area contributed by atoms with Gasteiger partial charge in [0.1, 0.15) is 0 Å². The van der Waals surface area contributed by atoms with E-state index in [9.17, 15) is 0 Å². The lowest BCUT2D eigenvalue weighted by atomic mass is 10.6. The van der Waals surface area contributed by atoms with Gasteiger partial charge in [-0.2, -0.15) is 0 Å². The van der Waals surface area contributed by atoms with Gasteiger partial charge < -0.3 is 28.4 Å². The van der Waals surface area contributed by atoms with Crippen molar-refractivity contribution >= 4 is 15.9 Å². The average molecular weight is 385 g/mol. The molecule has 22 heavy (non-hydrogen) atoms. The van der Waals surface area contributed by atoms with Gasteiger partial charge in [0.15, 0.2) is 0 Å². The van der Waals surface area contributed by atoms with Crippen molar-refractivity contribution in [1.82, 2.24) is 0 Å². The van der Waals surface area contributed by atoms with E-state index in [0.717, 1.165) is 5.33 Å². The van der Waals surface area contributed by atoms with E-state index in [0.29, 0.717) is 79.3 Å². The van der Waals surface area contributed by atoms with Gasteiger partial charge in [0, 0.05) is 5.33 Å². The first-order chi connectivity index (χ1) is 10.9. The van der Waals surface area contributed by atoms with Crippen LogP contribution >= 0.6 is 15.9 Å². The quantitative estimate of drug-likeness (QED) is 0.192. The smallest absolute Gasteiger partial charge is 0.0704 e. The van der Waals surface area contributed by atoms with Gasteiger partial charge in [-0.1, -0.05) is 22.0 Å². The second-order valence-electron chi connectivity index (χ2n) is 4.11. The van der Waals surface area contributed by atoms with Crippen LogP contribution in [0.4, 0.5) is 0 Å². The minimum atomic E-state index is 0.560. The highest BCUT2D eigenvalue weighted by Gasteiger charge is 1.93. The molecule has 0 aromatic carbocycles. The zero-order valence-electron chi connectivity index (χ0n) is 13.3. The Bertz CT molecular complexity index is 218. The molecule has 132 valence electrons. The van der Waals surface area contributed by atoms with E-state index in [1.807, 2.05) is 0 Å². The molecule has 0 amide bonds. The summed E-state index contributed by atoms with van der Waals surface area (Å²) < 4.78 is 31.8. The molecule has 0 radical (unpaired) electrons. The molecule has 0 saturated heterocycles. The number of rotatable bonds is 19. The molecule has 6 nitrogen and oxygen atoms in total. The van der Waals surface area contributed by atoms with E-state index in [-0.39, 0.29) is 0 Å². The van der Waals surface area contributed by atoms with E-state index in [1.54, 1.807) is 6.08 Å². The van der Waals surface area contributed by atoms with Crippen molar-refractivity contribution in [1.29, 1.82) is 0 Å². The van der Waals surface area contributed by atoms with Crippen LogP contribution in [0, 0.1) is 0 Å². The number of hydrogen-bond acceptors (Lipinski definition) is 6. The summed E-state index contributed by atoms with van der Waals surface area (Å²) in [5.74, 6) is 0. The van der Waals surface area contributed by atoms with Crippen molar-refractivity contribution in [3.63, 3.8) is 0 Å². The molecule has 0 rings (SSSR count). The maximum Gasteiger partial charge on any atom is 0.0704 e. The van der Waals surface area contributed by atoms with E-state index in [4.69, 9.17) is 28.4 Å². The normalized spacial score (nSPS) is 11.0. The van der Waals surface area contributed by atoms with Crippen LogP contribution in [0.1, 0.15) is 0 Å². The van der Waals surface area contributed by atoms with Crippen molar-refractivity contribution < 1.29 is 28.4 Å². The number of halogens is 1. The number of ether oxygens (including phenoxy) is 6. The molecule has 0 N–H and O–H groups in total. The summed E-state index contributed by atoms with van der Waals surface area (Å²) >= 11 is 3.29. The minimum Gasteiger partial charge on any atom is -0.378 e. The molecule has 0 unspecified atom stereocenters. The Morgan fingerprint density at radius 3 is 1.18 bits per heavy atom. The maximum atomic E-state index is 5.36. The first kappa shape index (κ1) is 22.0. The molecule has 7 heteroatoms. The van der Waals surface area contributed by atoms with Crippen LogP contribution in [0.25, 0.3) is 0 Å². The first-order valence-corrected chi connectivity index (χ1v) is 8.67. The predicted molar refractivity (Wildman–Crippen MR) is 88.9 cm³/mol. The monoisotopic (exact) mass is 384 g/mol. The SMILES string of the molecule is C=CCOCCOCCOCCOCCOCCOCCBr. The highest BCUT2D eigenvalue weighted by atomic mass is 79.9. The Hall–Kier alpha value is -0.0200. The Kier molecular flexibility index (Phi) is 21.0. The topological polar surface area (TPSA) is 55.4 Å². The fraction of sp³-hybridized carbons (Fsp3) is 0.867. The Morgan fingerprint density at radius 1 is 0.545 bits per heavy atom. The van der Waals surface area contributed by atoms with Gasteiger partial charge in [0.2, 0.25) is 0 Å². The molecular weight excluding hydrogens is 356 g/mol. The Labute approximate surface area is 142 Å². The third-order valence-corrected chi connectivity index (χ3v) is 2.64. The van der Waals surface area contributed by atoms with Gasteiger partial charge in [-0.05, 0) is 0 Å². The second-order valence-corrected chi connectivity index (χ2v) is 4.91. The number of alkyl halides is 1. The molecule has 0 aliphatic rings. The highest BCUT2D eigenvalue weighted by Crippen LogP contribution is 1.85. The highest BCUT2D eigenvalue weighted by molar-refractivity contribution is 9.09. The zero-order chi connectivity index (χ0) is 16.1. The molecule has 0 aliphatic carbocycles. The van der Waals surface area contributed by atoms with Gasteiger partial charge in [-0.15, -0.1) is 6.58 Å². The molecule has 0 saturated carbocycles. The van der Waals surface area contributed by atoms with Crippen LogP contribution in [0.2, 0.25) is 0 Å². The fourth-order valence-electron chi connectivity index (χ4n) is 1.32. The predicted octanol–water partition coefficient (Wildman–Crippen LogP) is 1.67. The van der Waals surface area contributed by atoms with E-state index in [1.165, 1.54) is 0 Å². The average Bonchev–Trinajstić information content (AvgIpc) is 2.54. The molecule has 0 aromatic rings. The van der Waals surface area contributed by atoms with Gasteiger partial charge in [0.25, 0.3) is 0 Å². The fourth-order valence-corrected chi connectivity index (χ4v) is 1.55. The summed E-state index contributed by atoms with van der Waals surface area (Å²) in [4.78, 5) is 0.